The van der Waals surface area contributed by atoms with Crippen LogP contribution >= 0.6 is 11.6 Å². The molecule has 11 heteroatoms. The summed E-state index contributed by atoms with van der Waals surface area (Å²) >= 11 is 6.18. The molecule has 0 unspecified atom stereocenters. The molecule has 186 valence electrons. The molecule has 2 atom stereocenters. The average molecular weight is 516 g/mol. The van der Waals surface area contributed by atoms with E-state index < -0.39 is 23.0 Å². The van der Waals surface area contributed by atoms with Crippen molar-refractivity contribution in [3.05, 3.63) is 80.5 Å². The van der Waals surface area contributed by atoms with E-state index in [1.54, 1.807) is 6.20 Å². The van der Waals surface area contributed by atoms with Crippen LogP contribution in [-0.2, 0) is 4.74 Å². The fourth-order valence-corrected chi connectivity index (χ4v) is 4.82. The van der Waals surface area contributed by atoms with Gasteiger partial charge in [-0.2, -0.15) is 5.10 Å². The molecule has 6 rings (SSSR count). The number of nitrogens with zero attached hydrogens (tertiary/aromatic N) is 5. The molecule has 4 aromatic rings. The zero-order chi connectivity index (χ0) is 25.1. The minimum absolute atomic E-state index is 0.00452. The van der Waals surface area contributed by atoms with Crippen molar-refractivity contribution in [1.29, 1.82) is 0 Å². The number of benzene rings is 1. The number of aryl methyl sites for hydroxylation is 1. The van der Waals surface area contributed by atoms with Crippen LogP contribution in [0.5, 0.6) is 0 Å². The van der Waals surface area contributed by atoms with Crippen molar-refractivity contribution < 1.29 is 17.9 Å². The third-order valence-corrected chi connectivity index (χ3v) is 7.26. The Morgan fingerprint density at radius 1 is 1.06 bits per heavy atom. The highest BCUT2D eigenvalue weighted by molar-refractivity contribution is 6.31. The van der Waals surface area contributed by atoms with Gasteiger partial charge in [0.05, 0.1) is 29.7 Å². The standard InChI is InChI=1S/C25H21ClF3N5O2/c1-12-22(26)25(35)33-11-20(32-23(24(33)31-12)16-7-18(28)19(29)8-17(16)27)13-4-5-36-21(6-13)14-9-30-34(10-14)15-2-3-15/h7-11,13,15,21H,2-6H2,1H3/t13-,21+/m0/s1. The number of hydrogen-bond donors (Lipinski definition) is 0. The number of rotatable bonds is 4. The maximum absolute atomic E-state index is 14.8. The van der Waals surface area contributed by atoms with E-state index in [-0.39, 0.29) is 39.6 Å². The van der Waals surface area contributed by atoms with Gasteiger partial charge in [0.2, 0.25) is 0 Å². The van der Waals surface area contributed by atoms with Gasteiger partial charge in [0.15, 0.2) is 17.3 Å². The van der Waals surface area contributed by atoms with E-state index in [4.69, 9.17) is 16.3 Å². The molecule has 0 N–H and O–H groups in total. The summed E-state index contributed by atoms with van der Waals surface area (Å²) in [6, 6.07) is 1.63. The predicted octanol–water partition coefficient (Wildman–Crippen LogP) is 5.30. The van der Waals surface area contributed by atoms with Crippen LogP contribution < -0.4 is 5.56 Å². The molecular formula is C25H21ClF3N5O2. The van der Waals surface area contributed by atoms with E-state index in [9.17, 15) is 18.0 Å². The molecule has 4 heterocycles. The molecule has 3 aromatic heterocycles. The van der Waals surface area contributed by atoms with Crippen molar-refractivity contribution in [2.75, 3.05) is 6.61 Å². The molecule has 0 spiro atoms. The lowest BCUT2D eigenvalue weighted by Crippen LogP contribution is -2.23. The second-order valence-electron chi connectivity index (χ2n) is 9.34. The lowest BCUT2D eigenvalue weighted by molar-refractivity contribution is 0.00454. The molecule has 0 bridgehead atoms. The van der Waals surface area contributed by atoms with Crippen molar-refractivity contribution in [2.45, 2.75) is 50.7 Å². The highest BCUT2D eigenvalue weighted by Crippen LogP contribution is 2.40. The third kappa shape index (κ3) is 3.98. The summed E-state index contributed by atoms with van der Waals surface area (Å²) in [6.07, 6.45) is 8.50. The molecule has 1 aromatic carbocycles. The Labute approximate surface area is 208 Å². The smallest absolute Gasteiger partial charge is 0.277 e. The van der Waals surface area contributed by atoms with Gasteiger partial charge in [-0.3, -0.25) is 13.9 Å². The first-order valence-electron chi connectivity index (χ1n) is 11.7. The summed E-state index contributed by atoms with van der Waals surface area (Å²) in [4.78, 5) is 22.0. The first-order valence-corrected chi connectivity index (χ1v) is 12.1. The lowest BCUT2D eigenvalue weighted by atomic mass is 9.90. The van der Waals surface area contributed by atoms with E-state index >= 15 is 0 Å². The molecule has 36 heavy (non-hydrogen) atoms. The maximum Gasteiger partial charge on any atom is 0.277 e. The van der Waals surface area contributed by atoms with Crippen molar-refractivity contribution in [3.63, 3.8) is 0 Å². The summed E-state index contributed by atoms with van der Waals surface area (Å²) in [6.45, 7) is 1.98. The third-order valence-electron chi connectivity index (χ3n) is 6.82. The molecule has 2 aliphatic rings. The van der Waals surface area contributed by atoms with Crippen molar-refractivity contribution in [3.8, 4) is 11.3 Å². The van der Waals surface area contributed by atoms with Gasteiger partial charge in [0, 0.05) is 42.1 Å². The highest BCUT2D eigenvalue weighted by atomic mass is 35.5. The molecule has 7 nitrogen and oxygen atoms in total. The molecule has 0 radical (unpaired) electrons. The van der Waals surface area contributed by atoms with Crippen LogP contribution in [0, 0.1) is 24.4 Å². The maximum atomic E-state index is 14.8. The first-order chi connectivity index (χ1) is 17.3. The topological polar surface area (TPSA) is 74.3 Å². The van der Waals surface area contributed by atoms with Crippen molar-refractivity contribution >= 4 is 17.2 Å². The molecule has 1 saturated carbocycles. The molecular weight excluding hydrogens is 495 g/mol. The van der Waals surface area contributed by atoms with Crippen LogP contribution in [0.4, 0.5) is 13.2 Å². The average Bonchev–Trinajstić information content (AvgIpc) is 3.61. The Morgan fingerprint density at radius 2 is 1.83 bits per heavy atom. The summed E-state index contributed by atoms with van der Waals surface area (Å²) in [5.41, 5.74) is 0.747. The van der Waals surface area contributed by atoms with Gasteiger partial charge < -0.3 is 4.74 Å². The van der Waals surface area contributed by atoms with Crippen molar-refractivity contribution in [2.24, 2.45) is 0 Å². The first kappa shape index (κ1) is 23.2. The fraction of sp³-hybridized carbons (Fsp3) is 0.360. The summed E-state index contributed by atoms with van der Waals surface area (Å²) in [7, 11) is 0. The molecule has 1 aliphatic heterocycles. The minimum atomic E-state index is -1.32. The molecule has 1 aliphatic carbocycles. The SMILES string of the molecule is Cc1nc2c(-c3cc(F)c(F)cc3F)nc([C@H]3CCO[C@@H](c4cnn(C5CC5)c4)C3)cn2c(=O)c1Cl. The van der Waals surface area contributed by atoms with Crippen LogP contribution in [0.2, 0.25) is 5.02 Å². The lowest BCUT2D eigenvalue weighted by Gasteiger charge is -2.29. The Hall–Kier alpha value is -3.24. The zero-order valence-corrected chi connectivity index (χ0v) is 20.0. The quantitative estimate of drug-likeness (QED) is 0.345. The van der Waals surface area contributed by atoms with E-state index in [0.29, 0.717) is 37.3 Å². The monoisotopic (exact) mass is 515 g/mol. The van der Waals surface area contributed by atoms with E-state index in [1.807, 2.05) is 10.9 Å². The van der Waals surface area contributed by atoms with E-state index in [1.165, 1.54) is 17.5 Å². The van der Waals surface area contributed by atoms with Crippen LogP contribution in [0.3, 0.4) is 0 Å². The number of hydrogen-bond acceptors (Lipinski definition) is 5. The van der Waals surface area contributed by atoms with Crippen LogP contribution in [0.25, 0.3) is 16.9 Å². The number of aromatic nitrogens is 5. The van der Waals surface area contributed by atoms with Crippen LogP contribution in [0.15, 0.2) is 35.5 Å². The van der Waals surface area contributed by atoms with Crippen LogP contribution in [-0.4, -0.2) is 30.8 Å². The number of fused-ring (bicyclic) bond motifs is 1. The second kappa shape index (κ2) is 8.70. The minimum Gasteiger partial charge on any atom is -0.373 e. The fourth-order valence-electron chi connectivity index (χ4n) is 4.68. The van der Waals surface area contributed by atoms with Gasteiger partial charge in [-0.25, -0.2) is 23.1 Å². The van der Waals surface area contributed by atoms with Gasteiger partial charge in [0.1, 0.15) is 16.5 Å². The van der Waals surface area contributed by atoms with Gasteiger partial charge in [-0.15, -0.1) is 0 Å². The van der Waals surface area contributed by atoms with Gasteiger partial charge >= 0.3 is 0 Å². The molecule has 0 amide bonds. The van der Waals surface area contributed by atoms with Gasteiger partial charge in [0.25, 0.3) is 5.56 Å². The zero-order valence-electron chi connectivity index (χ0n) is 19.2. The van der Waals surface area contributed by atoms with Crippen LogP contribution in [0.1, 0.15) is 60.7 Å². The Morgan fingerprint density at radius 3 is 2.61 bits per heavy atom. The summed E-state index contributed by atoms with van der Waals surface area (Å²) < 4.78 is 51.8. The molecule has 2 fully saturated rings. The predicted molar refractivity (Wildman–Crippen MR) is 125 cm³/mol. The summed E-state index contributed by atoms with van der Waals surface area (Å²) in [5.74, 6) is -3.72. The van der Waals surface area contributed by atoms with Gasteiger partial charge in [-0.1, -0.05) is 11.6 Å². The Kier molecular flexibility index (Phi) is 5.60. The summed E-state index contributed by atoms with van der Waals surface area (Å²) in [5, 5.41) is 4.36. The highest BCUT2D eigenvalue weighted by Gasteiger charge is 2.31. The van der Waals surface area contributed by atoms with Gasteiger partial charge in [-0.05, 0) is 38.7 Å². The van der Waals surface area contributed by atoms with E-state index in [2.05, 4.69) is 15.1 Å². The second-order valence-corrected chi connectivity index (χ2v) is 9.71. The normalized spacial score (nSPS) is 20.2. The number of halogens is 4. The van der Waals surface area contributed by atoms with E-state index in [0.717, 1.165) is 24.5 Å². The number of ether oxygens (including phenoxy) is 1. The molecule has 1 saturated heterocycles. The Bertz CT molecular complexity index is 1570. The Balaban J connectivity index is 1.47. The van der Waals surface area contributed by atoms with Crippen molar-refractivity contribution in [1.82, 2.24) is 24.1 Å². The largest absolute Gasteiger partial charge is 0.373 e.